The Hall–Kier alpha value is -1.62. The van der Waals surface area contributed by atoms with Gasteiger partial charge in [-0.3, -0.25) is 4.79 Å². The zero-order valence-corrected chi connectivity index (χ0v) is 8.82. The summed E-state index contributed by atoms with van der Waals surface area (Å²) < 4.78 is 4.64. The molecule has 0 aromatic carbocycles. The molecule has 0 bridgehead atoms. The lowest BCUT2D eigenvalue weighted by molar-refractivity contribution is -0.139. The van der Waals surface area contributed by atoms with Gasteiger partial charge >= 0.3 is 5.97 Å². The maximum absolute atomic E-state index is 11.1. The van der Waals surface area contributed by atoms with Gasteiger partial charge in [0.1, 0.15) is 6.61 Å². The molecule has 15 heavy (non-hydrogen) atoms. The fourth-order valence-electron chi connectivity index (χ4n) is 0.652. The predicted octanol–water partition coefficient (Wildman–Crippen LogP) is -0.100. The van der Waals surface area contributed by atoms with Crippen LogP contribution in [0.15, 0.2) is 23.3 Å². The van der Waals surface area contributed by atoms with Crippen LogP contribution < -0.4 is 5.73 Å². The second-order valence-corrected chi connectivity index (χ2v) is 2.92. The highest BCUT2D eigenvalue weighted by molar-refractivity contribution is 5.92. The molecule has 0 spiro atoms. The third-order valence-electron chi connectivity index (χ3n) is 1.62. The molecule has 0 radical (unpaired) electrons. The van der Waals surface area contributed by atoms with E-state index in [0.29, 0.717) is 11.1 Å². The lowest BCUT2D eigenvalue weighted by Gasteiger charge is -2.01. The molecule has 0 rings (SSSR count). The summed E-state index contributed by atoms with van der Waals surface area (Å²) in [6.45, 7) is 2.84. The summed E-state index contributed by atoms with van der Waals surface area (Å²) in [5.41, 5.74) is 5.68. The first-order chi connectivity index (χ1) is 6.99. The Morgan fingerprint density at radius 3 is 2.27 bits per heavy atom. The molecule has 5 nitrogen and oxygen atoms in total. The molecule has 0 aromatic rings. The molecule has 0 aromatic heterocycles. The molecule has 0 saturated heterocycles. The van der Waals surface area contributed by atoms with E-state index >= 15 is 0 Å². The van der Waals surface area contributed by atoms with E-state index in [0.717, 1.165) is 0 Å². The quantitative estimate of drug-likeness (QED) is 0.379. The van der Waals surface area contributed by atoms with Crippen LogP contribution in [0.2, 0.25) is 0 Å². The number of allylic oxidation sites excluding steroid dienone is 2. The van der Waals surface area contributed by atoms with E-state index in [4.69, 9.17) is 10.8 Å². The largest absolute Gasteiger partial charge is 0.460 e. The highest BCUT2D eigenvalue weighted by Crippen LogP contribution is 1.99. The highest BCUT2D eigenvalue weighted by Gasteiger charge is 2.04. The van der Waals surface area contributed by atoms with Crippen LogP contribution in [0.5, 0.6) is 0 Å². The second kappa shape index (κ2) is 6.78. The van der Waals surface area contributed by atoms with Crippen molar-refractivity contribution in [3.63, 3.8) is 0 Å². The van der Waals surface area contributed by atoms with Crippen LogP contribution in [0.4, 0.5) is 0 Å². The average Bonchev–Trinajstić information content (AvgIpc) is 2.21. The molecule has 0 atom stereocenters. The van der Waals surface area contributed by atoms with Gasteiger partial charge in [-0.25, -0.2) is 4.79 Å². The number of ether oxygens (including phenoxy) is 1. The Balaban J connectivity index is 4.37. The summed E-state index contributed by atoms with van der Waals surface area (Å²) in [7, 11) is 0. The summed E-state index contributed by atoms with van der Waals surface area (Å²) in [4.78, 5) is 21.8. The number of rotatable bonds is 5. The monoisotopic (exact) mass is 213 g/mol. The number of nitrogens with two attached hydrogens (primary N) is 1. The second-order valence-electron chi connectivity index (χ2n) is 2.92. The van der Waals surface area contributed by atoms with Crippen molar-refractivity contribution in [3.05, 3.63) is 23.3 Å². The van der Waals surface area contributed by atoms with Gasteiger partial charge in [0, 0.05) is 11.1 Å². The molecule has 1 amide bonds. The molecular weight excluding hydrogens is 198 g/mol. The first kappa shape index (κ1) is 13.4. The third-order valence-corrected chi connectivity index (χ3v) is 1.62. The fraction of sp³-hybridized carbons (Fsp3) is 0.400. The summed E-state index contributed by atoms with van der Waals surface area (Å²) in [5.74, 6) is -1.07. The molecule has 0 unspecified atom stereocenters. The minimum absolute atomic E-state index is 0.0392. The van der Waals surface area contributed by atoms with Crippen LogP contribution in [0.25, 0.3) is 0 Å². The van der Waals surface area contributed by atoms with E-state index in [1.165, 1.54) is 12.2 Å². The first-order valence-corrected chi connectivity index (χ1v) is 4.42. The van der Waals surface area contributed by atoms with Crippen LogP contribution in [-0.4, -0.2) is 30.2 Å². The predicted molar refractivity (Wildman–Crippen MR) is 54.8 cm³/mol. The SMILES string of the molecule is C/C(=C\C=C(/C)C(=O)OCCO)C(N)=O. The van der Waals surface area contributed by atoms with Crippen LogP contribution in [0.1, 0.15) is 13.8 Å². The Kier molecular flexibility index (Phi) is 6.05. The first-order valence-electron chi connectivity index (χ1n) is 4.42. The lowest BCUT2D eigenvalue weighted by atomic mass is 10.2. The molecule has 0 aliphatic carbocycles. The topological polar surface area (TPSA) is 89.6 Å². The molecule has 0 saturated carbocycles. The summed E-state index contributed by atoms with van der Waals surface area (Å²) in [6.07, 6.45) is 2.89. The molecule has 0 aliphatic heterocycles. The van der Waals surface area contributed by atoms with Gasteiger partial charge in [0.25, 0.3) is 0 Å². The smallest absolute Gasteiger partial charge is 0.333 e. The zero-order chi connectivity index (χ0) is 11.8. The van der Waals surface area contributed by atoms with Gasteiger partial charge in [-0.15, -0.1) is 0 Å². The maximum Gasteiger partial charge on any atom is 0.333 e. The van der Waals surface area contributed by atoms with E-state index in [1.54, 1.807) is 13.8 Å². The van der Waals surface area contributed by atoms with E-state index in [-0.39, 0.29) is 13.2 Å². The van der Waals surface area contributed by atoms with Crippen molar-refractivity contribution in [2.45, 2.75) is 13.8 Å². The Labute approximate surface area is 88.2 Å². The number of primary amides is 1. The number of hydrogen-bond acceptors (Lipinski definition) is 4. The van der Waals surface area contributed by atoms with Crippen molar-refractivity contribution in [1.82, 2.24) is 0 Å². The van der Waals surface area contributed by atoms with Crippen LogP contribution in [0.3, 0.4) is 0 Å². The van der Waals surface area contributed by atoms with Gasteiger partial charge < -0.3 is 15.6 Å². The number of carbonyl (C=O) groups excluding carboxylic acids is 2. The van der Waals surface area contributed by atoms with Crippen molar-refractivity contribution < 1.29 is 19.4 Å². The van der Waals surface area contributed by atoms with Gasteiger partial charge in [-0.05, 0) is 13.8 Å². The number of esters is 1. The van der Waals surface area contributed by atoms with Crippen molar-refractivity contribution in [2.24, 2.45) is 5.73 Å². The van der Waals surface area contributed by atoms with Crippen molar-refractivity contribution in [2.75, 3.05) is 13.2 Å². The Morgan fingerprint density at radius 2 is 1.80 bits per heavy atom. The highest BCUT2D eigenvalue weighted by atomic mass is 16.5. The van der Waals surface area contributed by atoms with Gasteiger partial charge in [0.15, 0.2) is 0 Å². The van der Waals surface area contributed by atoms with E-state index in [1.807, 2.05) is 0 Å². The van der Waals surface area contributed by atoms with E-state index < -0.39 is 11.9 Å². The summed E-state index contributed by atoms with van der Waals surface area (Å²) in [5, 5.41) is 8.42. The molecule has 0 fully saturated rings. The van der Waals surface area contributed by atoms with Crippen LogP contribution in [0, 0.1) is 0 Å². The van der Waals surface area contributed by atoms with Gasteiger partial charge in [0.05, 0.1) is 6.61 Å². The van der Waals surface area contributed by atoms with Crippen molar-refractivity contribution in [1.29, 1.82) is 0 Å². The molecule has 0 heterocycles. The molecular formula is C10H15NO4. The Bertz CT molecular complexity index is 305. The maximum atomic E-state index is 11.1. The van der Waals surface area contributed by atoms with Gasteiger partial charge in [-0.2, -0.15) is 0 Å². The summed E-state index contributed by atoms with van der Waals surface area (Å²) in [6, 6.07) is 0. The lowest BCUT2D eigenvalue weighted by Crippen LogP contribution is -2.11. The third kappa shape index (κ3) is 5.64. The molecule has 5 heteroatoms. The molecule has 0 aliphatic rings. The number of aliphatic hydroxyl groups excluding tert-OH is 1. The van der Waals surface area contributed by atoms with Gasteiger partial charge in [0.2, 0.25) is 5.91 Å². The molecule has 84 valence electrons. The minimum atomic E-state index is -0.539. The minimum Gasteiger partial charge on any atom is -0.460 e. The number of hydrogen-bond donors (Lipinski definition) is 2. The van der Waals surface area contributed by atoms with Crippen molar-refractivity contribution >= 4 is 11.9 Å². The van der Waals surface area contributed by atoms with Crippen molar-refractivity contribution in [3.8, 4) is 0 Å². The summed E-state index contributed by atoms with van der Waals surface area (Å²) >= 11 is 0. The number of amides is 1. The standard InChI is InChI=1S/C10H15NO4/c1-7(9(11)13)3-4-8(2)10(14)15-6-5-12/h3-4,12H,5-6H2,1-2H3,(H2,11,13)/b7-3+,8-4+. The normalized spacial score (nSPS) is 12.5. The van der Waals surface area contributed by atoms with Crippen LogP contribution >= 0.6 is 0 Å². The fourth-order valence-corrected chi connectivity index (χ4v) is 0.652. The Morgan fingerprint density at radius 1 is 1.27 bits per heavy atom. The number of carbonyl (C=O) groups is 2. The van der Waals surface area contributed by atoms with Gasteiger partial charge in [-0.1, -0.05) is 12.2 Å². The van der Waals surface area contributed by atoms with Crippen LogP contribution in [-0.2, 0) is 14.3 Å². The number of aliphatic hydroxyl groups is 1. The molecule has 3 N–H and O–H groups in total. The van der Waals surface area contributed by atoms with E-state index in [9.17, 15) is 9.59 Å². The zero-order valence-electron chi connectivity index (χ0n) is 8.82. The average molecular weight is 213 g/mol. The van der Waals surface area contributed by atoms with E-state index in [2.05, 4.69) is 4.74 Å².